The molecular formula is C11H14ClN3O5S. The molecule has 1 atom stereocenters. The molecule has 2 fully saturated rings. The maximum atomic E-state index is 11.4. The van der Waals surface area contributed by atoms with Crippen molar-refractivity contribution < 1.29 is 18.1 Å². The normalized spacial score (nSPS) is 24.7. The van der Waals surface area contributed by atoms with Crippen molar-refractivity contribution in [1.82, 2.24) is 9.78 Å². The van der Waals surface area contributed by atoms with Crippen molar-refractivity contribution in [3.05, 3.63) is 16.3 Å². The summed E-state index contributed by atoms with van der Waals surface area (Å²) < 4.78 is 30.0. The molecule has 0 amide bonds. The van der Waals surface area contributed by atoms with Crippen LogP contribution in [-0.2, 0) is 13.8 Å². The van der Waals surface area contributed by atoms with Crippen molar-refractivity contribution in [2.45, 2.75) is 48.6 Å². The van der Waals surface area contributed by atoms with Crippen LogP contribution in [-0.4, -0.2) is 35.3 Å². The second-order valence-electron chi connectivity index (χ2n) is 5.52. The molecule has 10 heteroatoms. The predicted octanol–water partition coefficient (Wildman–Crippen LogP) is 1.99. The SMILES string of the molecule is O=[N+]([O-])c1nn(C2CCOC3(CCC3)C2)cc1S(=O)(=O)Cl. The molecule has 0 N–H and O–H groups in total. The molecule has 1 spiro atoms. The summed E-state index contributed by atoms with van der Waals surface area (Å²) in [5, 5.41) is 14.8. The maximum Gasteiger partial charge on any atom is 0.410 e. The lowest BCUT2D eigenvalue weighted by atomic mass is 9.74. The quantitative estimate of drug-likeness (QED) is 0.475. The van der Waals surface area contributed by atoms with Crippen molar-refractivity contribution in [3.63, 3.8) is 0 Å². The number of aromatic nitrogens is 2. The molecule has 21 heavy (non-hydrogen) atoms. The van der Waals surface area contributed by atoms with E-state index >= 15 is 0 Å². The Morgan fingerprint density at radius 3 is 2.71 bits per heavy atom. The summed E-state index contributed by atoms with van der Waals surface area (Å²) in [6, 6.07) is -0.107. The smallest absolute Gasteiger partial charge is 0.375 e. The Kier molecular flexibility index (Phi) is 3.45. The average Bonchev–Trinajstić information content (AvgIpc) is 2.82. The van der Waals surface area contributed by atoms with E-state index in [9.17, 15) is 18.5 Å². The Hall–Kier alpha value is -1.19. The fourth-order valence-electron chi connectivity index (χ4n) is 3.00. The standard InChI is InChI=1S/C11H14ClN3O5S/c12-21(18,19)9-7-14(13-10(9)15(16)17)8-2-5-20-11(6-8)3-1-4-11/h7-8H,1-6H2. The molecule has 1 aliphatic heterocycles. The van der Waals surface area contributed by atoms with Gasteiger partial charge in [0.05, 0.1) is 22.9 Å². The van der Waals surface area contributed by atoms with Crippen LogP contribution in [0.2, 0.25) is 0 Å². The number of ether oxygens (including phenoxy) is 1. The number of hydrogen-bond acceptors (Lipinski definition) is 6. The summed E-state index contributed by atoms with van der Waals surface area (Å²) in [6.45, 7) is 0.543. The van der Waals surface area contributed by atoms with E-state index in [0.717, 1.165) is 25.5 Å². The zero-order valence-corrected chi connectivity index (χ0v) is 12.6. The third-order valence-corrected chi connectivity index (χ3v) is 5.53. The van der Waals surface area contributed by atoms with Gasteiger partial charge in [-0.3, -0.25) is 0 Å². The molecule has 0 radical (unpaired) electrons. The van der Waals surface area contributed by atoms with Crippen molar-refractivity contribution in [2.75, 3.05) is 6.61 Å². The minimum atomic E-state index is -4.20. The summed E-state index contributed by atoms with van der Waals surface area (Å²) >= 11 is 0. The lowest BCUT2D eigenvalue weighted by Crippen LogP contribution is -2.46. The molecule has 1 saturated heterocycles. The van der Waals surface area contributed by atoms with Crippen molar-refractivity contribution >= 4 is 25.6 Å². The lowest BCUT2D eigenvalue weighted by molar-refractivity contribution is -0.392. The summed E-state index contributed by atoms with van der Waals surface area (Å²) in [6.07, 6.45) is 5.52. The molecular weight excluding hydrogens is 322 g/mol. The first-order chi connectivity index (χ1) is 9.81. The van der Waals surface area contributed by atoms with Gasteiger partial charge in [-0.1, -0.05) is 0 Å². The van der Waals surface area contributed by atoms with E-state index < -0.39 is 24.7 Å². The first-order valence-corrected chi connectivity index (χ1v) is 8.94. The van der Waals surface area contributed by atoms with Crippen LogP contribution in [0.15, 0.2) is 11.1 Å². The highest BCUT2D eigenvalue weighted by atomic mass is 35.7. The van der Waals surface area contributed by atoms with Crippen LogP contribution < -0.4 is 0 Å². The zero-order chi connectivity index (χ0) is 15.3. The summed E-state index contributed by atoms with van der Waals surface area (Å²) in [7, 11) is 1.04. The van der Waals surface area contributed by atoms with Gasteiger partial charge in [0.2, 0.25) is 4.90 Å². The van der Waals surface area contributed by atoms with Gasteiger partial charge in [-0.2, -0.15) is 4.68 Å². The van der Waals surface area contributed by atoms with E-state index in [1.54, 1.807) is 0 Å². The highest BCUT2D eigenvalue weighted by Gasteiger charge is 2.44. The monoisotopic (exact) mass is 335 g/mol. The van der Waals surface area contributed by atoms with Crippen molar-refractivity contribution in [1.29, 1.82) is 0 Å². The summed E-state index contributed by atoms with van der Waals surface area (Å²) in [5.41, 5.74) is -0.163. The van der Waals surface area contributed by atoms with Gasteiger partial charge in [-0.15, -0.1) is 0 Å². The predicted molar refractivity (Wildman–Crippen MR) is 72.7 cm³/mol. The Labute approximate surface area is 125 Å². The van der Waals surface area contributed by atoms with Gasteiger partial charge >= 0.3 is 5.82 Å². The van der Waals surface area contributed by atoms with Crippen LogP contribution in [0.1, 0.15) is 38.1 Å². The molecule has 1 aliphatic carbocycles. The third-order valence-electron chi connectivity index (χ3n) is 4.22. The molecule has 8 nitrogen and oxygen atoms in total. The molecule has 1 unspecified atom stereocenters. The fraction of sp³-hybridized carbons (Fsp3) is 0.727. The molecule has 0 aromatic carbocycles. The van der Waals surface area contributed by atoms with Crippen LogP contribution in [0, 0.1) is 10.1 Å². The van der Waals surface area contributed by atoms with Crippen LogP contribution in [0.5, 0.6) is 0 Å². The molecule has 1 aromatic rings. The number of hydrogen-bond donors (Lipinski definition) is 0. The molecule has 2 heterocycles. The zero-order valence-electron chi connectivity index (χ0n) is 11.1. The number of rotatable bonds is 3. The Morgan fingerprint density at radius 2 is 2.24 bits per heavy atom. The van der Waals surface area contributed by atoms with Crippen LogP contribution in [0.25, 0.3) is 0 Å². The Balaban J connectivity index is 1.94. The number of nitrogens with zero attached hydrogens (tertiary/aromatic N) is 3. The highest BCUT2D eigenvalue weighted by Crippen LogP contribution is 2.45. The fourth-order valence-corrected chi connectivity index (χ4v) is 3.89. The minimum absolute atomic E-state index is 0.107. The minimum Gasteiger partial charge on any atom is -0.375 e. The van der Waals surface area contributed by atoms with E-state index in [4.69, 9.17) is 15.4 Å². The largest absolute Gasteiger partial charge is 0.410 e. The van der Waals surface area contributed by atoms with Gasteiger partial charge in [-0.05, 0) is 30.6 Å². The molecule has 1 aromatic heterocycles. The average molecular weight is 336 g/mol. The second kappa shape index (κ2) is 4.92. The lowest BCUT2D eigenvalue weighted by Gasteiger charge is -2.46. The van der Waals surface area contributed by atoms with Crippen molar-refractivity contribution in [2.24, 2.45) is 0 Å². The highest BCUT2D eigenvalue weighted by molar-refractivity contribution is 8.13. The summed E-state index contributed by atoms with van der Waals surface area (Å²) in [4.78, 5) is 9.56. The molecule has 2 aliphatic rings. The first kappa shape index (κ1) is 14.7. The van der Waals surface area contributed by atoms with E-state index in [1.165, 1.54) is 4.68 Å². The molecule has 3 rings (SSSR count). The Morgan fingerprint density at radius 1 is 1.52 bits per heavy atom. The maximum absolute atomic E-state index is 11.4. The van der Waals surface area contributed by atoms with Gasteiger partial charge < -0.3 is 14.9 Å². The van der Waals surface area contributed by atoms with E-state index in [-0.39, 0.29) is 11.6 Å². The van der Waals surface area contributed by atoms with E-state index in [0.29, 0.717) is 19.4 Å². The number of halogens is 1. The van der Waals surface area contributed by atoms with Gasteiger partial charge in [0.1, 0.15) is 0 Å². The van der Waals surface area contributed by atoms with E-state index in [2.05, 4.69) is 5.10 Å². The van der Waals surface area contributed by atoms with Crippen LogP contribution >= 0.6 is 10.7 Å². The van der Waals surface area contributed by atoms with Crippen LogP contribution in [0.4, 0.5) is 5.82 Å². The first-order valence-electron chi connectivity index (χ1n) is 6.63. The van der Waals surface area contributed by atoms with Gasteiger partial charge in [0, 0.05) is 23.7 Å². The van der Waals surface area contributed by atoms with Gasteiger partial charge in [-0.25, -0.2) is 8.42 Å². The molecule has 0 bridgehead atoms. The second-order valence-corrected chi connectivity index (χ2v) is 8.06. The van der Waals surface area contributed by atoms with Gasteiger partial charge in [0.15, 0.2) is 0 Å². The number of nitro groups is 1. The van der Waals surface area contributed by atoms with Crippen LogP contribution in [0.3, 0.4) is 0 Å². The molecule has 1 saturated carbocycles. The summed E-state index contributed by atoms with van der Waals surface area (Å²) in [5.74, 6) is -0.723. The third kappa shape index (κ3) is 2.65. The molecule has 116 valence electrons. The Bertz CT molecular complexity index is 682. The topological polar surface area (TPSA) is 104 Å². The van der Waals surface area contributed by atoms with Crippen molar-refractivity contribution in [3.8, 4) is 0 Å². The van der Waals surface area contributed by atoms with E-state index in [1.807, 2.05) is 0 Å². The van der Waals surface area contributed by atoms with Gasteiger partial charge in [0.25, 0.3) is 9.05 Å².